The molecule has 0 aliphatic carbocycles. The highest BCUT2D eigenvalue weighted by Crippen LogP contribution is 2.25. The van der Waals surface area contributed by atoms with E-state index in [0.717, 1.165) is 17.2 Å². The maximum Gasteiger partial charge on any atom is 0.330 e. The minimum Gasteiger partial charge on any atom is -0.491 e. The average Bonchev–Trinajstić information content (AvgIpc) is 2.84. The summed E-state index contributed by atoms with van der Waals surface area (Å²) in [4.78, 5) is 33.0. The van der Waals surface area contributed by atoms with Gasteiger partial charge in [-0.25, -0.2) is 4.79 Å². The molecule has 9 heteroatoms. The van der Waals surface area contributed by atoms with Gasteiger partial charge < -0.3 is 28.8 Å². The van der Waals surface area contributed by atoms with E-state index in [9.17, 15) is 14.4 Å². The van der Waals surface area contributed by atoms with Gasteiger partial charge >= 0.3 is 17.9 Å². The molecule has 1 N–H and O–H groups in total. The van der Waals surface area contributed by atoms with Gasteiger partial charge in [-0.05, 0) is 35.4 Å². The van der Waals surface area contributed by atoms with Crippen LogP contribution in [0.5, 0.6) is 11.5 Å². The minimum atomic E-state index is -1.04. The molecule has 0 amide bonds. The maximum absolute atomic E-state index is 11.6. The first-order chi connectivity index (χ1) is 16.5. The van der Waals surface area contributed by atoms with Crippen molar-refractivity contribution in [2.45, 2.75) is 12.8 Å². The van der Waals surface area contributed by atoms with E-state index in [0.29, 0.717) is 44.5 Å². The summed E-state index contributed by atoms with van der Waals surface area (Å²) < 4.78 is 26.2. The Morgan fingerprint density at radius 3 is 1.82 bits per heavy atom. The fraction of sp³-hybridized carbons (Fsp3) is 0.320. The predicted octanol–water partition coefficient (Wildman–Crippen LogP) is 3.27. The summed E-state index contributed by atoms with van der Waals surface area (Å²) in [6.07, 6.45) is 0.665. The van der Waals surface area contributed by atoms with Crippen LogP contribution in [0.1, 0.15) is 12.8 Å². The minimum absolute atomic E-state index is 0.174. The number of carbonyl (C=O) groups excluding carboxylic acids is 2. The third kappa shape index (κ3) is 10.8. The normalized spacial score (nSPS) is 10.4. The molecule has 0 saturated heterocycles. The molecule has 2 aromatic rings. The van der Waals surface area contributed by atoms with Gasteiger partial charge in [-0.15, -0.1) is 0 Å². The Balaban J connectivity index is 1.62. The second kappa shape index (κ2) is 15.2. The average molecular weight is 472 g/mol. The lowest BCUT2D eigenvalue weighted by molar-refractivity contribution is -0.142. The van der Waals surface area contributed by atoms with E-state index in [-0.39, 0.29) is 19.4 Å². The molecule has 0 aliphatic rings. The third-order valence-electron chi connectivity index (χ3n) is 4.32. The number of aliphatic carboxylic acids is 1. The Hall–Kier alpha value is -3.69. The molecule has 0 radical (unpaired) electrons. The molecular weight excluding hydrogens is 444 g/mol. The van der Waals surface area contributed by atoms with Crippen molar-refractivity contribution >= 4 is 17.9 Å². The number of carbonyl (C=O) groups is 3. The molecule has 0 bridgehead atoms. The molecule has 0 fully saturated rings. The number of benzene rings is 2. The quantitative estimate of drug-likeness (QED) is 0.170. The van der Waals surface area contributed by atoms with Crippen LogP contribution in [-0.4, -0.2) is 62.7 Å². The first kappa shape index (κ1) is 26.6. The van der Waals surface area contributed by atoms with Gasteiger partial charge in [0.25, 0.3) is 0 Å². The van der Waals surface area contributed by atoms with Crippen molar-refractivity contribution in [3.63, 3.8) is 0 Å². The van der Waals surface area contributed by atoms with Crippen molar-refractivity contribution in [2.75, 3.05) is 39.6 Å². The molecule has 0 atom stereocenters. The van der Waals surface area contributed by atoms with Crippen molar-refractivity contribution in [1.82, 2.24) is 0 Å². The highest BCUT2D eigenvalue weighted by atomic mass is 16.6. The molecule has 182 valence electrons. The van der Waals surface area contributed by atoms with Crippen molar-refractivity contribution in [2.24, 2.45) is 0 Å². The van der Waals surface area contributed by atoms with Gasteiger partial charge in [0.2, 0.25) is 0 Å². The first-order valence-corrected chi connectivity index (χ1v) is 10.7. The smallest absolute Gasteiger partial charge is 0.330 e. The standard InChI is InChI=1S/C25H28O9/c1-2-24(28)33-18-16-31-14-13-30-15-17-32-21-7-3-19(4-8-21)20-5-9-22(10-6-20)34-25(29)12-11-23(26)27/h2-10H,1,11-18H2,(H,26,27). The second-order valence-electron chi connectivity index (χ2n) is 6.86. The monoisotopic (exact) mass is 472 g/mol. The molecule has 0 heterocycles. The summed E-state index contributed by atoms with van der Waals surface area (Å²) in [6, 6.07) is 14.5. The SMILES string of the molecule is C=CC(=O)OCCOCCOCCOc1ccc(-c2ccc(OC(=O)CCC(=O)O)cc2)cc1. The lowest BCUT2D eigenvalue weighted by Crippen LogP contribution is -2.13. The Labute approximate surface area is 197 Å². The zero-order valence-electron chi connectivity index (χ0n) is 18.8. The number of hydrogen-bond acceptors (Lipinski definition) is 8. The van der Waals surface area contributed by atoms with Crippen LogP contribution in [0.3, 0.4) is 0 Å². The van der Waals surface area contributed by atoms with Crippen LogP contribution in [0.2, 0.25) is 0 Å². The second-order valence-corrected chi connectivity index (χ2v) is 6.86. The molecule has 2 aromatic carbocycles. The van der Waals surface area contributed by atoms with Gasteiger partial charge in [0.15, 0.2) is 0 Å². The highest BCUT2D eigenvalue weighted by Gasteiger charge is 2.08. The van der Waals surface area contributed by atoms with E-state index in [1.54, 1.807) is 12.1 Å². The summed E-state index contributed by atoms with van der Waals surface area (Å²) in [7, 11) is 0. The van der Waals surface area contributed by atoms with Crippen molar-refractivity contribution in [3.8, 4) is 22.6 Å². The number of hydrogen-bond donors (Lipinski definition) is 1. The number of carboxylic acid groups (broad SMARTS) is 1. The Morgan fingerprint density at radius 2 is 1.26 bits per heavy atom. The van der Waals surface area contributed by atoms with Crippen LogP contribution in [0.15, 0.2) is 61.2 Å². The van der Waals surface area contributed by atoms with E-state index >= 15 is 0 Å². The highest BCUT2D eigenvalue weighted by molar-refractivity contribution is 5.81. The zero-order valence-corrected chi connectivity index (χ0v) is 18.8. The Morgan fingerprint density at radius 1 is 0.735 bits per heavy atom. The van der Waals surface area contributed by atoms with Gasteiger partial charge in [-0.1, -0.05) is 30.8 Å². The fourth-order valence-electron chi connectivity index (χ4n) is 2.65. The number of rotatable bonds is 16. The van der Waals surface area contributed by atoms with E-state index in [1.165, 1.54) is 0 Å². The number of carboxylic acids is 1. The van der Waals surface area contributed by atoms with Gasteiger partial charge in [0.05, 0.1) is 39.3 Å². The van der Waals surface area contributed by atoms with E-state index < -0.39 is 17.9 Å². The lowest BCUT2D eigenvalue weighted by atomic mass is 10.1. The van der Waals surface area contributed by atoms with Gasteiger partial charge in [-0.2, -0.15) is 0 Å². The summed E-state index contributed by atoms with van der Waals surface area (Å²) in [5.41, 5.74) is 1.89. The number of ether oxygens (including phenoxy) is 5. The Bertz CT molecular complexity index is 920. The van der Waals surface area contributed by atoms with E-state index in [2.05, 4.69) is 6.58 Å². The van der Waals surface area contributed by atoms with Crippen molar-refractivity contribution in [1.29, 1.82) is 0 Å². The fourth-order valence-corrected chi connectivity index (χ4v) is 2.65. The zero-order chi connectivity index (χ0) is 24.6. The lowest BCUT2D eigenvalue weighted by Gasteiger charge is -2.09. The van der Waals surface area contributed by atoms with Crippen LogP contribution in [0.25, 0.3) is 11.1 Å². The molecular formula is C25H28O9. The molecule has 0 spiro atoms. The van der Waals surface area contributed by atoms with Gasteiger partial charge in [0, 0.05) is 6.08 Å². The van der Waals surface area contributed by atoms with E-state index in [1.807, 2.05) is 36.4 Å². The van der Waals surface area contributed by atoms with Crippen LogP contribution in [-0.2, 0) is 28.6 Å². The molecule has 2 rings (SSSR count). The molecule has 9 nitrogen and oxygen atoms in total. The molecule has 0 aromatic heterocycles. The molecule has 0 aliphatic heterocycles. The van der Waals surface area contributed by atoms with Gasteiger partial charge in [0.1, 0.15) is 24.7 Å². The topological polar surface area (TPSA) is 118 Å². The van der Waals surface area contributed by atoms with Crippen LogP contribution < -0.4 is 9.47 Å². The largest absolute Gasteiger partial charge is 0.491 e. The Kier molecular flexibility index (Phi) is 11.9. The molecule has 34 heavy (non-hydrogen) atoms. The molecule has 0 unspecified atom stereocenters. The predicted molar refractivity (Wildman–Crippen MR) is 123 cm³/mol. The summed E-state index contributed by atoms with van der Waals surface area (Å²) in [6.45, 7) is 5.37. The summed E-state index contributed by atoms with van der Waals surface area (Å²) >= 11 is 0. The van der Waals surface area contributed by atoms with Crippen LogP contribution >= 0.6 is 0 Å². The number of esters is 2. The first-order valence-electron chi connectivity index (χ1n) is 10.7. The van der Waals surface area contributed by atoms with Crippen LogP contribution in [0.4, 0.5) is 0 Å². The molecule has 0 saturated carbocycles. The van der Waals surface area contributed by atoms with E-state index in [4.69, 9.17) is 28.8 Å². The third-order valence-corrected chi connectivity index (χ3v) is 4.32. The maximum atomic E-state index is 11.6. The van der Waals surface area contributed by atoms with Crippen molar-refractivity contribution in [3.05, 3.63) is 61.2 Å². The van der Waals surface area contributed by atoms with Gasteiger partial charge in [-0.3, -0.25) is 9.59 Å². The summed E-state index contributed by atoms with van der Waals surface area (Å²) in [5, 5.41) is 8.60. The summed E-state index contributed by atoms with van der Waals surface area (Å²) in [5.74, 6) is -1.03. The van der Waals surface area contributed by atoms with Crippen LogP contribution in [0, 0.1) is 0 Å². The van der Waals surface area contributed by atoms with Crippen molar-refractivity contribution < 1.29 is 43.2 Å².